The number of anilines is 1. The summed E-state index contributed by atoms with van der Waals surface area (Å²) < 4.78 is 16.3. The average molecular weight is 279 g/mol. The van der Waals surface area contributed by atoms with Crippen LogP contribution in [0.4, 0.5) is 5.69 Å². The molecule has 0 saturated carbocycles. The van der Waals surface area contributed by atoms with Gasteiger partial charge in [-0.1, -0.05) is 6.07 Å². The number of hydrogen-bond acceptors (Lipinski definition) is 5. The van der Waals surface area contributed by atoms with Crippen LogP contribution in [0.25, 0.3) is 0 Å². The number of nitrogens with two attached hydrogens (primary N) is 1. The molecule has 0 spiro atoms. The summed E-state index contributed by atoms with van der Waals surface area (Å²) in [5.74, 6) is -0.0593. The van der Waals surface area contributed by atoms with E-state index in [0.29, 0.717) is 18.0 Å². The first-order valence-electron chi connectivity index (χ1n) is 6.70. The number of carbonyl (C=O) groups is 1. The van der Waals surface area contributed by atoms with Crippen molar-refractivity contribution < 1.29 is 19.0 Å². The van der Waals surface area contributed by atoms with Crippen molar-refractivity contribution >= 4 is 11.7 Å². The van der Waals surface area contributed by atoms with Crippen LogP contribution < -0.4 is 10.5 Å². The Kier molecular flexibility index (Phi) is 4.18. The van der Waals surface area contributed by atoms with Gasteiger partial charge in [-0.05, 0) is 38.8 Å². The Labute approximate surface area is 119 Å². The SMILES string of the molecule is COC(=O)c1c(N)cccc1OCC1CCC(C)(C)O1. The van der Waals surface area contributed by atoms with Gasteiger partial charge < -0.3 is 19.9 Å². The maximum atomic E-state index is 11.7. The molecule has 5 nitrogen and oxygen atoms in total. The zero-order chi connectivity index (χ0) is 14.8. The Balaban J connectivity index is 2.07. The van der Waals surface area contributed by atoms with Crippen LogP contribution in [0.3, 0.4) is 0 Å². The van der Waals surface area contributed by atoms with Crippen LogP contribution in [0, 0.1) is 0 Å². The normalized spacial score (nSPS) is 20.6. The van der Waals surface area contributed by atoms with Gasteiger partial charge >= 0.3 is 5.97 Å². The summed E-state index contributed by atoms with van der Waals surface area (Å²) >= 11 is 0. The minimum Gasteiger partial charge on any atom is -0.490 e. The lowest BCUT2D eigenvalue weighted by Crippen LogP contribution is -2.24. The fourth-order valence-corrected chi connectivity index (χ4v) is 2.37. The second-order valence-electron chi connectivity index (χ2n) is 5.56. The van der Waals surface area contributed by atoms with E-state index in [1.807, 2.05) is 0 Å². The fraction of sp³-hybridized carbons (Fsp3) is 0.533. The third kappa shape index (κ3) is 3.22. The predicted octanol–water partition coefficient (Wildman–Crippen LogP) is 2.39. The van der Waals surface area contributed by atoms with Gasteiger partial charge in [-0.3, -0.25) is 0 Å². The Morgan fingerprint density at radius 1 is 1.50 bits per heavy atom. The van der Waals surface area contributed by atoms with Gasteiger partial charge in [0.2, 0.25) is 0 Å². The van der Waals surface area contributed by atoms with Crippen molar-refractivity contribution in [1.29, 1.82) is 0 Å². The van der Waals surface area contributed by atoms with E-state index in [-0.39, 0.29) is 17.3 Å². The molecule has 1 heterocycles. The van der Waals surface area contributed by atoms with Crippen molar-refractivity contribution in [1.82, 2.24) is 0 Å². The van der Waals surface area contributed by atoms with Gasteiger partial charge in [0.25, 0.3) is 0 Å². The zero-order valence-electron chi connectivity index (χ0n) is 12.1. The first kappa shape index (κ1) is 14.7. The molecule has 1 aromatic carbocycles. The summed E-state index contributed by atoms with van der Waals surface area (Å²) in [6, 6.07) is 5.10. The lowest BCUT2D eigenvalue weighted by Gasteiger charge is -2.20. The molecule has 0 aromatic heterocycles. The highest BCUT2D eigenvalue weighted by molar-refractivity contribution is 5.98. The number of carbonyl (C=O) groups excluding carboxylic acids is 1. The van der Waals surface area contributed by atoms with Crippen molar-refractivity contribution in [2.75, 3.05) is 19.5 Å². The second kappa shape index (κ2) is 5.71. The lowest BCUT2D eigenvalue weighted by molar-refractivity contribution is -0.0328. The number of hydrogen-bond donors (Lipinski definition) is 1. The molecule has 1 saturated heterocycles. The zero-order valence-corrected chi connectivity index (χ0v) is 12.1. The van der Waals surface area contributed by atoms with Crippen molar-refractivity contribution in [3.05, 3.63) is 23.8 Å². The van der Waals surface area contributed by atoms with Crippen LogP contribution in [0.2, 0.25) is 0 Å². The third-order valence-corrected chi connectivity index (χ3v) is 3.43. The van der Waals surface area contributed by atoms with Gasteiger partial charge in [0.1, 0.15) is 17.9 Å². The molecular formula is C15H21NO4. The monoisotopic (exact) mass is 279 g/mol. The molecule has 1 fully saturated rings. The smallest absolute Gasteiger partial charge is 0.343 e. The van der Waals surface area contributed by atoms with Crippen LogP contribution in [0.1, 0.15) is 37.0 Å². The Morgan fingerprint density at radius 3 is 2.85 bits per heavy atom. The van der Waals surface area contributed by atoms with E-state index in [1.54, 1.807) is 18.2 Å². The Morgan fingerprint density at radius 2 is 2.25 bits per heavy atom. The average Bonchev–Trinajstić information content (AvgIpc) is 2.75. The molecule has 110 valence electrons. The first-order chi connectivity index (χ1) is 9.43. The Bertz CT molecular complexity index is 499. The molecular weight excluding hydrogens is 258 g/mol. The summed E-state index contributed by atoms with van der Waals surface area (Å²) in [4.78, 5) is 11.7. The molecule has 5 heteroatoms. The molecule has 0 bridgehead atoms. The minimum atomic E-state index is -0.495. The highest BCUT2D eigenvalue weighted by Crippen LogP contribution is 2.31. The number of esters is 1. The second-order valence-corrected chi connectivity index (χ2v) is 5.56. The number of methoxy groups -OCH3 is 1. The van der Waals surface area contributed by atoms with Gasteiger partial charge in [-0.2, -0.15) is 0 Å². The van der Waals surface area contributed by atoms with Gasteiger partial charge in [-0.25, -0.2) is 4.79 Å². The molecule has 0 radical (unpaired) electrons. The molecule has 0 aliphatic carbocycles. The van der Waals surface area contributed by atoms with E-state index < -0.39 is 5.97 Å². The molecule has 1 atom stereocenters. The highest BCUT2D eigenvalue weighted by Gasteiger charge is 2.32. The number of benzene rings is 1. The highest BCUT2D eigenvalue weighted by atomic mass is 16.6. The standard InChI is InChI=1S/C15H21NO4/c1-15(2)8-7-10(20-15)9-19-12-6-4-5-11(16)13(12)14(17)18-3/h4-6,10H,7-9,16H2,1-3H3. The van der Waals surface area contributed by atoms with E-state index in [4.69, 9.17) is 19.9 Å². The molecule has 2 N–H and O–H groups in total. The van der Waals surface area contributed by atoms with Crippen LogP contribution >= 0.6 is 0 Å². The molecule has 1 aliphatic rings. The van der Waals surface area contributed by atoms with Gasteiger partial charge in [0.15, 0.2) is 0 Å². The molecule has 1 unspecified atom stereocenters. The van der Waals surface area contributed by atoms with Crippen LogP contribution in [-0.4, -0.2) is 31.4 Å². The van der Waals surface area contributed by atoms with E-state index >= 15 is 0 Å². The first-order valence-corrected chi connectivity index (χ1v) is 6.70. The summed E-state index contributed by atoms with van der Waals surface area (Å²) in [5.41, 5.74) is 6.33. The minimum absolute atomic E-state index is 0.0388. The molecule has 1 aliphatic heterocycles. The van der Waals surface area contributed by atoms with Crippen LogP contribution in [0.5, 0.6) is 5.75 Å². The van der Waals surface area contributed by atoms with Gasteiger partial charge in [0, 0.05) is 5.69 Å². The summed E-state index contributed by atoms with van der Waals surface area (Å²) in [6.45, 7) is 4.53. The van der Waals surface area contributed by atoms with Crippen LogP contribution in [0.15, 0.2) is 18.2 Å². The Hall–Kier alpha value is -1.75. The van der Waals surface area contributed by atoms with Crippen molar-refractivity contribution in [2.45, 2.75) is 38.4 Å². The largest absolute Gasteiger partial charge is 0.490 e. The number of rotatable bonds is 4. The maximum Gasteiger partial charge on any atom is 0.343 e. The van der Waals surface area contributed by atoms with Crippen LogP contribution in [-0.2, 0) is 9.47 Å². The third-order valence-electron chi connectivity index (χ3n) is 3.43. The van der Waals surface area contributed by atoms with Crippen molar-refractivity contribution in [3.63, 3.8) is 0 Å². The van der Waals surface area contributed by atoms with Crippen molar-refractivity contribution in [3.8, 4) is 5.75 Å². The van der Waals surface area contributed by atoms with Gasteiger partial charge in [-0.15, -0.1) is 0 Å². The summed E-state index contributed by atoms with van der Waals surface area (Å²) in [5, 5.41) is 0. The number of ether oxygens (including phenoxy) is 3. The van der Waals surface area contributed by atoms with E-state index in [9.17, 15) is 4.79 Å². The molecule has 1 aromatic rings. The van der Waals surface area contributed by atoms with E-state index in [2.05, 4.69) is 13.8 Å². The quantitative estimate of drug-likeness (QED) is 0.677. The fourth-order valence-electron chi connectivity index (χ4n) is 2.37. The predicted molar refractivity (Wildman–Crippen MR) is 75.9 cm³/mol. The maximum absolute atomic E-state index is 11.7. The van der Waals surface area contributed by atoms with Crippen molar-refractivity contribution in [2.24, 2.45) is 0 Å². The summed E-state index contributed by atoms with van der Waals surface area (Å²) in [6.07, 6.45) is 1.99. The number of nitrogen functional groups attached to an aromatic ring is 1. The molecule has 2 rings (SSSR count). The van der Waals surface area contributed by atoms with E-state index in [1.165, 1.54) is 7.11 Å². The molecule has 20 heavy (non-hydrogen) atoms. The lowest BCUT2D eigenvalue weighted by atomic mass is 10.1. The van der Waals surface area contributed by atoms with Gasteiger partial charge in [0.05, 0.1) is 18.8 Å². The molecule has 0 amide bonds. The summed E-state index contributed by atoms with van der Waals surface area (Å²) in [7, 11) is 1.32. The topological polar surface area (TPSA) is 70.8 Å². The van der Waals surface area contributed by atoms with E-state index in [0.717, 1.165) is 12.8 Å².